The number of imidazole rings is 1. The Bertz CT molecular complexity index is 1510. The number of tetrazole rings is 1. The number of fused-ring (bicyclic) bond motifs is 1. The molecule has 0 bridgehead atoms. The van der Waals surface area contributed by atoms with Crippen molar-refractivity contribution in [2.75, 3.05) is 5.32 Å². The van der Waals surface area contributed by atoms with Gasteiger partial charge in [-0.2, -0.15) is 0 Å². The predicted molar refractivity (Wildman–Crippen MR) is 133 cm³/mol. The second kappa shape index (κ2) is 9.02. The summed E-state index contributed by atoms with van der Waals surface area (Å²) < 4.78 is 5.82. The lowest BCUT2D eigenvalue weighted by molar-refractivity contribution is 0.102. The molecule has 0 saturated carbocycles. The van der Waals surface area contributed by atoms with Crippen LogP contribution in [-0.2, 0) is 6.61 Å². The third-order valence-corrected chi connectivity index (χ3v) is 6.02. The van der Waals surface area contributed by atoms with Crippen molar-refractivity contribution in [3.63, 3.8) is 0 Å². The van der Waals surface area contributed by atoms with Gasteiger partial charge in [-0.3, -0.25) is 4.79 Å². The van der Waals surface area contributed by atoms with Crippen molar-refractivity contribution in [2.45, 2.75) is 34.3 Å². The van der Waals surface area contributed by atoms with E-state index in [-0.39, 0.29) is 12.5 Å². The lowest BCUT2D eigenvalue weighted by Crippen LogP contribution is -2.11. The van der Waals surface area contributed by atoms with E-state index in [1.54, 1.807) is 6.07 Å². The molecule has 0 atom stereocenters. The van der Waals surface area contributed by atoms with Crippen LogP contribution < -0.4 is 10.1 Å². The van der Waals surface area contributed by atoms with E-state index < -0.39 is 0 Å². The third-order valence-electron chi connectivity index (χ3n) is 6.02. The Morgan fingerprint density at radius 2 is 1.74 bits per heavy atom. The largest absolute Gasteiger partial charge is 0.486 e. The number of carbonyl (C=O) groups is 1. The van der Waals surface area contributed by atoms with Crippen molar-refractivity contribution in [1.29, 1.82) is 0 Å². The fraction of sp³-hybridized carbons (Fsp3) is 0.192. The Labute approximate surface area is 202 Å². The predicted octanol–water partition coefficient (Wildman–Crippen LogP) is 4.81. The number of benzene rings is 3. The lowest BCUT2D eigenvalue weighted by atomic mass is 10.0. The minimum atomic E-state index is -0.165. The topological polar surface area (TPSA) is 121 Å². The van der Waals surface area contributed by atoms with Crippen LogP contribution in [0.3, 0.4) is 0 Å². The summed E-state index contributed by atoms with van der Waals surface area (Å²) in [7, 11) is 0. The zero-order valence-corrected chi connectivity index (χ0v) is 19.9. The van der Waals surface area contributed by atoms with Gasteiger partial charge in [0.05, 0.1) is 11.0 Å². The highest BCUT2D eigenvalue weighted by Crippen LogP contribution is 2.31. The summed E-state index contributed by atoms with van der Waals surface area (Å²) in [6.45, 7) is 8.36. The second-order valence-electron chi connectivity index (χ2n) is 8.64. The van der Waals surface area contributed by atoms with Crippen LogP contribution in [0.25, 0.3) is 22.4 Å². The molecule has 5 rings (SSSR count). The summed E-state index contributed by atoms with van der Waals surface area (Å²) in [5.74, 6) is 1.86. The van der Waals surface area contributed by atoms with Crippen molar-refractivity contribution < 1.29 is 9.53 Å². The molecule has 0 unspecified atom stereocenters. The van der Waals surface area contributed by atoms with Crippen molar-refractivity contribution in [2.24, 2.45) is 0 Å². The molecule has 5 aromatic rings. The molecular formula is C26H25N7O2. The van der Waals surface area contributed by atoms with Gasteiger partial charge in [-0.05, 0) is 103 Å². The highest BCUT2D eigenvalue weighted by atomic mass is 16.5. The van der Waals surface area contributed by atoms with Gasteiger partial charge in [0.15, 0.2) is 5.82 Å². The third kappa shape index (κ3) is 4.61. The van der Waals surface area contributed by atoms with E-state index in [0.717, 1.165) is 50.5 Å². The van der Waals surface area contributed by atoms with Crippen LogP contribution >= 0.6 is 0 Å². The van der Waals surface area contributed by atoms with Crippen LogP contribution in [0.4, 0.5) is 5.69 Å². The first-order chi connectivity index (χ1) is 16.9. The van der Waals surface area contributed by atoms with Gasteiger partial charge in [-0.15, -0.1) is 5.10 Å². The number of ether oxygens (including phenoxy) is 1. The minimum absolute atomic E-state index is 0.165. The van der Waals surface area contributed by atoms with Gasteiger partial charge in [-0.1, -0.05) is 6.07 Å². The molecule has 0 aliphatic carbocycles. The number of amides is 1. The summed E-state index contributed by atoms with van der Waals surface area (Å²) in [5, 5.41) is 16.6. The lowest BCUT2D eigenvalue weighted by Gasteiger charge is -2.11. The van der Waals surface area contributed by atoms with Crippen LogP contribution in [-0.4, -0.2) is 36.5 Å². The summed E-state index contributed by atoms with van der Waals surface area (Å²) in [6.07, 6.45) is 0. The van der Waals surface area contributed by atoms with Gasteiger partial charge in [-0.25, -0.2) is 10.1 Å². The number of carbonyl (C=O) groups excluding carboxylic acids is 1. The second-order valence-corrected chi connectivity index (χ2v) is 8.64. The van der Waals surface area contributed by atoms with Gasteiger partial charge in [0.1, 0.15) is 18.2 Å². The average Bonchev–Trinajstić information content (AvgIpc) is 3.49. The number of rotatable bonds is 6. The molecule has 0 aliphatic heterocycles. The molecule has 1 amide bonds. The molecular weight excluding hydrogens is 442 g/mol. The Morgan fingerprint density at radius 3 is 2.46 bits per heavy atom. The van der Waals surface area contributed by atoms with E-state index >= 15 is 0 Å². The first-order valence-electron chi connectivity index (χ1n) is 11.2. The van der Waals surface area contributed by atoms with Crippen molar-refractivity contribution in [3.8, 4) is 17.1 Å². The minimum Gasteiger partial charge on any atom is -0.486 e. The summed E-state index contributed by atoms with van der Waals surface area (Å²) in [5.41, 5.74) is 8.27. The number of aromatic amines is 2. The molecule has 0 fully saturated rings. The van der Waals surface area contributed by atoms with Crippen LogP contribution in [0.5, 0.6) is 5.75 Å². The van der Waals surface area contributed by atoms with Crippen molar-refractivity contribution in [1.82, 2.24) is 30.6 Å². The summed E-state index contributed by atoms with van der Waals surface area (Å²) in [6, 6.07) is 15.3. The maximum absolute atomic E-state index is 12.8. The van der Waals surface area contributed by atoms with Gasteiger partial charge >= 0.3 is 0 Å². The van der Waals surface area contributed by atoms with E-state index in [1.165, 1.54) is 5.56 Å². The number of anilines is 1. The highest BCUT2D eigenvalue weighted by molar-refractivity contribution is 6.06. The number of nitrogens with zero attached hydrogens (tertiary/aromatic N) is 4. The number of aromatic nitrogens is 6. The number of hydrogen-bond donors (Lipinski definition) is 3. The van der Waals surface area contributed by atoms with Crippen LogP contribution in [0, 0.1) is 27.7 Å². The SMILES string of the molecule is Cc1ccc(NC(=O)c2ccc3nc(-c4c(C)cc(OCc5nnn[nH]5)cc4C)[nH]c3c2)cc1C. The highest BCUT2D eigenvalue weighted by Gasteiger charge is 2.15. The molecule has 3 N–H and O–H groups in total. The maximum atomic E-state index is 12.8. The normalized spacial score (nSPS) is 11.1. The number of nitrogens with one attached hydrogen (secondary N) is 3. The van der Waals surface area contributed by atoms with Gasteiger partial charge < -0.3 is 15.0 Å². The van der Waals surface area contributed by atoms with Crippen LogP contribution in [0.1, 0.15) is 38.4 Å². The molecule has 35 heavy (non-hydrogen) atoms. The Kier molecular flexibility index (Phi) is 5.74. The zero-order valence-electron chi connectivity index (χ0n) is 19.9. The quantitative estimate of drug-likeness (QED) is 0.330. The molecule has 9 heteroatoms. The van der Waals surface area contributed by atoms with E-state index in [2.05, 4.69) is 30.9 Å². The zero-order chi connectivity index (χ0) is 24.5. The molecule has 176 valence electrons. The monoisotopic (exact) mass is 467 g/mol. The summed E-state index contributed by atoms with van der Waals surface area (Å²) in [4.78, 5) is 21.0. The van der Waals surface area contributed by atoms with Gasteiger partial charge in [0.2, 0.25) is 0 Å². The number of H-pyrrole nitrogens is 2. The van der Waals surface area contributed by atoms with Crippen LogP contribution in [0.15, 0.2) is 48.5 Å². The van der Waals surface area contributed by atoms with Gasteiger partial charge in [0.25, 0.3) is 5.91 Å². The van der Waals surface area contributed by atoms with Crippen LogP contribution in [0.2, 0.25) is 0 Å². The smallest absolute Gasteiger partial charge is 0.255 e. The van der Waals surface area contributed by atoms with E-state index in [0.29, 0.717) is 11.4 Å². The van der Waals surface area contributed by atoms with E-state index in [1.807, 2.05) is 70.2 Å². The van der Waals surface area contributed by atoms with Crippen molar-refractivity contribution in [3.05, 3.63) is 82.2 Å². The Morgan fingerprint density at radius 1 is 0.943 bits per heavy atom. The van der Waals surface area contributed by atoms with E-state index in [9.17, 15) is 4.79 Å². The number of hydrogen-bond acceptors (Lipinski definition) is 6. The molecule has 0 aliphatic rings. The fourth-order valence-corrected chi connectivity index (χ4v) is 4.06. The molecule has 2 heterocycles. The molecule has 0 radical (unpaired) electrons. The van der Waals surface area contributed by atoms with Gasteiger partial charge in [0, 0.05) is 16.8 Å². The first-order valence-corrected chi connectivity index (χ1v) is 11.2. The Balaban J connectivity index is 1.38. The average molecular weight is 468 g/mol. The summed E-state index contributed by atoms with van der Waals surface area (Å²) >= 11 is 0. The standard InChI is InChI=1S/C26H25N7O2/c1-14-5-7-19(9-15(14)2)27-26(34)18-6-8-21-22(12-18)29-25(28-21)24-16(3)10-20(11-17(24)4)35-13-23-30-32-33-31-23/h5-12H,13H2,1-4H3,(H,27,34)(H,28,29)(H,30,31,32,33). The molecule has 2 aromatic heterocycles. The van der Waals surface area contributed by atoms with Crippen molar-refractivity contribution >= 4 is 22.6 Å². The first kappa shape index (κ1) is 22.3. The fourth-order valence-electron chi connectivity index (χ4n) is 4.06. The molecule has 0 saturated heterocycles. The maximum Gasteiger partial charge on any atom is 0.255 e. The number of aryl methyl sites for hydroxylation is 4. The Hall–Kier alpha value is -4.53. The van der Waals surface area contributed by atoms with E-state index in [4.69, 9.17) is 9.72 Å². The molecule has 3 aromatic carbocycles. The molecule has 0 spiro atoms. The molecule has 9 nitrogen and oxygen atoms in total.